The Kier molecular flexibility index (Phi) is 4.55. The number of benzene rings is 2. The fourth-order valence-electron chi connectivity index (χ4n) is 1.88. The molecular weight excluding hydrogens is 366 g/mol. The standard InChI is InChI=1S/C15H10BrF4NO/c1-8-2-4-10(7-12(8)15(18,19)20)21-14(22)11-6-9(17)3-5-13(11)16/h2-7H,1H3,(H,21,22). The average molecular weight is 376 g/mol. The smallest absolute Gasteiger partial charge is 0.322 e. The van der Waals surface area contributed by atoms with Crippen molar-refractivity contribution in [2.45, 2.75) is 13.1 Å². The maximum atomic E-state index is 13.2. The summed E-state index contributed by atoms with van der Waals surface area (Å²) in [6.45, 7) is 1.33. The molecule has 0 spiro atoms. The van der Waals surface area contributed by atoms with E-state index in [-0.39, 0.29) is 16.8 Å². The van der Waals surface area contributed by atoms with Gasteiger partial charge in [0.2, 0.25) is 0 Å². The third-order valence-corrected chi connectivity index (χ3v) is 3.67. The lowest BCUT2D eigenvalue weighted by molar-refractivity contribution is -0.138. The van der Waals surface area contributed by atoms with Gasteiger partial charge in [-0.3, -0.25) is 4.79 Å². The molecule has 0 aromatic heterocycles. The van der Waals surface area contributed by atoms with E-state index in [0.29, 0.717) is 4.47 Å². The number of hydrogen-bond donors (Lipinski definition) is 1. The first-order valence-electron chi connectivity index (χ1n) is 6.13. The van der Waals surface area contributed by atoms with Gasteiger partial charge in [-0.1, -0.05) is 6.07 Å². The van der Waals surface area contributed by atoms with Crippen molar-refractivity contribution >= 4 is 27.5 Å². The van der Waals surface area contributed by atoms with Crippen LogP contribution in [0.25, 0.3) is 0 Å². The topological polar surface area (TPSA) is 29.1 Å². The summed E-state index contributed by atoms with van der Waals surface area (Å²) < 4.78 is 52.0. The molecule has 0 saturated carbocycles. The SMILES string of the molecule is Cc1ccc(NC(=O)c2cc(F)ccc2Br)cc1C(F)(F)F. The van der Waals surface area contributed by atoms with Gasteiger partial charge in [-0.2, -0.15) is 13.2 Å². The molecule has 1 N–H and O–H groups in total. The second-order valence-electron chi connectivity index (χ2n) is 4.61. The van der Waals surface area contributed by atoms with E-state index in [1.807, 2.05) is 0 Å². The van der Waals surface area contributed by atoms with Crippen molar-refractivity contribution in [2.24, 2.45) is 0 Å². The lowest BCUT2D eigenvalue weighted by atomic mass is 10.1. The Bertz CT molecular complexity index is 728. The van der Waals surface area contributed by atoms with Gasteiger partial charge >= 0.3 is 6.18 Å². The summed E-state index contributed by atoms with van der Waals surface area (Å²) in [5, 5.41) is 2.33. The molecule has 7 heteroatoms. The number of carbonyl (C=O) groups excluding carboxylic acids is 1. The van der Waals surface area contributed by atoms with Crippen molar-refractivity contribution in [3.8, 4) is 0 Å². The van der Waals surface area contributed by atoms with E-state index in [1.165, 1.54) is 25.1 Å². The molecule has 0 unspecified atom stereocenters. The largest absolute Gasteiger partial charge is 0.416 e. The number of aryl methyl sites for hydroxylation is 1. The summed E-state index contributed by atoms with van der Waals surface area (Å²) in [7, 11) is 0. The summed E-state index contributed by atoms with van der Waals surface area (Å²) in [6, 6.07) is 6.97. The molecule has 0 atom stereocenters. The normalized spacial score (nSPS) is 11.4. The molecule has 22 heavy (non-hydrogen) atoms. The summed E-state index contributed by atoms with van der Waals surface area (Å²) in [5.41, 5.74) is -0.797. The number of hydrogen-bond acceptors (Lipinski definition) is 1. The Morgan fingerprint density at radius 3 is 2.45 bits per heavy atom. The molecule has 2 aromatic carbocycles. The molecule has 116 valence electrons. The Morgan fingerprint density at radius 1 is 1.14 bits per heavy atom. The molecule has 1 amide bonds. The number of anilines is 1. The first kappa shape index (κ1) is 16.5. The van der Waals surface area contributed by atoms with Gasteiger partial charge in [-0.15, -0.1) is 0 Å². The number of amides is 1. The van der Waals surface area contributed by atoms with Gasteiger partial charge < -0.3 is 5.32 Å². The number of halogens is 5. The quantitative estimate of drug-likeness (QED) is 0.721. The Labute approximate surface area is 132 Å². The zero-order valence-electron chi connectivity index (χ0n) is 11.3. The van der Waals surface area contributed by atoms with Gasteiger partial charge in [0.05, 0.1) is 11.1 Å². The van der Waals surface area contributed by atoms with E-state index in [2.05, 4.69) is 21.2 Å². The highest BCUT2D eigenvalue weighted by molar-refractivity contribution is 9.10. The minimum absolute atomic E-state index is 0.00543. The highest BCUT2D eigenvalue weighted by Gasteiger charge is 2.32. The van der Waals surface area contributed by atoms with Gasteiger partial charge in [0, 0.05) is 10.2 Å². The van der Waals surface area contributed by atoms with Crippen LogP contribution in [0.1, 0.15) is 21.5 Å². The molecule has 0 heterocycles. The van der Waals surface area contributed by atoms with Crippen molar-refractivity contribution in [1.29, 1.82) is 0 Å². The van der Waals surface area contributed by atoms with Gasteiger partial charge in [0.15, 0.2) is 0 Å². The molecule has 2 nitrogen and oxygen atoms in total. The Balaban J connectivity index is 2.31. The number of nitrogens with one attached hydrogen (secondary N) is 1. The van der Waals surface area contributed by atoms with Crippen LogP contribution in [-0.2, 0) is 6.18 Å². The highest BCUT2D eigenvalue weighted by Crippen LogP contribution is 2.33. The van der Waals surface area contributed by atoms with E-state index in [9.17, 15) is 22.4 Å². The lowest BCUT2D eigenvalue weighted by Gasteiger charge is -2.13. The third-order valence-electron chi connectivity index (χ3n) is 2.97. The second kappa shape index (κ2) is 6.08. The summed E-state index contributed by atoms with van der Waals surface area (Å²) in [6.07, 6.45) is -4.51. The predicted octanol–water partition coefficient (Wildman–Crippen LogP) is 5.17. The van der Waals surface area contributed by atoms with Crippen molar-refractivity contribution < 1.29 is 22.4 Å². The van der Waals surface area contributed by atoms with Crippen molar-refractivity contribution in [1.82, 2.24) is 0 Å². The summed E-state index contributed by atoms with van der Waals surface area (Å²) in [4.78, 5) is 12.0. The fourth-order valence-corrected chi connectivity index (χ4v) is 2.30. The van der Waals surface area contributed by atoms with Crippen LogP contribution in [0.15, 0.2) is 40.9 Å². The summed E-state index contributed by atoms with van der Waals surface area (Å²) >= 11 is 3.09. The number of carbonyl (C=O) groups is 1. The van der Waals surface area contributed by atoms with Crippen LogP contribution < -0.4 is 5.32 Å². The zero-order valence-corrected chi connectivity index (χ0v) is 12.8. The van der Waals surface area contributed by atoms with Crippen LogP contribution in [0.4, 0.5) is 23.2 Å². The monoisotopic (exact) mass is 375 g/mol. The molecule has 0 radical (unpaired) electrons. The zero-order chi connectivity index (χ0) is 16.5. The van der Waals surface area contributed by atoms with Gasteiger partial charge in [-0.25, -0.2) is 4.39 Å². The van der Waals surface area contributed by atoms with Crippen LogP contribution in [0, 0.1) is 12.7 Å². The van der Waals surface area contributed by atoms with Crippen molar-refractivity contribution in [3.05, 3.63) is 63.4 Å². The first-order valence-corrected chi connectivity index (χ1v) is 6.92. The maximum absolute atomic E-state index is 13.2. The predicted molar refractivity (Wildman–Crippen MR) is 78.2 cm³/mol. The van der Waals surface area contributed by atoms with Crippen LogP contribution >= 0.6 is 15.9 Å². The first-order chi connectivity index (χ1) is 10.2. The summed E-state index contributed by atoms with van der Waals surface area (Å²) in [5.74, 6) is -1.32. The van der Waals surface area contributed by atoms with E-state index in [4.69, 9.17) is 0 Å². The minimum atomic E-state index is -4.51. The van der Waals surface area contributed by atoms with Gasteiger partial charge in [0.25, 0.3) is 5.91 Å². The molecule has 0 aliphatic carbocycles. The Morgan fingerprint density at radius 2 is 1.82 bits per heavy atom. The van der Waals surface area contributed by atoms with E-state index in [1.54, 1.807) is 0 Å². The molecule has 0 aliphatic rings. The van der Waals surface area contributed by atoms with E-state index >= 15 is 0 Å². The Hall–Kier alpha value is -1.89. The minimum Gasteiger partial charge on any atom is -0.322 e. The molecular formula is C15H10BrF4NO. The third kappa shape index (κ3) is 3.65. The molecule has 2 rings (SSSR count). The lowest BCUT2D eigenvalue weighted by Crippen LogP contribution is -2.14. The van der Waals surface area contributed by atoms with Crippen LogP contribution in [0.2, 0.25) is 0 Å². The van der Waals surface area contributed by atoms with E-state index < -0.39 is 23.5 Å². The van der Waals surface area contributed by atoms with E-state index in [0.717, 1.165) is 18.2 Å². The highest BCUT2D eigenvalue weighted by atomic mass is 79.9. The maximum Gasteiger partial charge on any atom is 0.416 e. The van der Waals surface area contributed by atoms with Crippen molar-refractivity contribution in [2.75, 3.05) is 5.32 Å². The van der Waals surface area contributed by atoms with Crippen LogP contribution in [0.5, 0.6) is 0 Å². The molecule has 0 aliphatic heterocycles. The molecule has 0 fully saturated rings. The van der Waals surface area contributed by atoms with Crippen molar-refractivity contribution in [3.63, 3.8) is 0 Å². The van der Waals surface area contributed by atoms with Gasteiger partial charge in [0.1, 0.15) is 5.82 Å². The number of alkyl halides is 3. The second-order valence-corrected chi connectivity index (χ2v) is 5.46. The number of rotatable bonds is 2. The molecule has 2 aromatic rings. The van der Waals surface area contributed by atoms with Crippen LogP contribution in [0.3, 0.4) is 0 Å². The van der Waals surface area contributed by atoms with Gasteiger partial charge in [-0.05, 0) is 58.7 Å². The average Bonchev–Trinajstić information content (AvgIpc) is 2.42. The molecule has 0 saturated heterocycles. The molecule has 0 bridgehead atoms. The fraction of sp³-hybridized carbons (Fsp3) is 0.133. The van der Waals surface area contributed by atoms with Crippen LogP contribution in [-0.4, -0.2) is 5.91 Å².